The number of imidazole rings is 1. The van der Waals surface area contributed by atoms with Crippen LogP contribution in [0.1, 0.15) is 11.4 Å². The maximum Gasteiger partial charge on any atom is 0.255 e. The maximum atomic E-state index is 12.7. The number of fused-ring (bicyclic) bond motifs is 3. The lowest BCUT2D eigenvalue weighted by Crippen LogP contribution is -2.28. The summed E-state index contributed by atoms with van der Waals surface area (Å²) in [7, 11) is 0. The van der Waals surface area contributed by atoms with E-state index in [9.17, 15) is 4.79 Å². The van der Waals surface area contributed by atoms with Crippen LogP contribution in [-0.4, -0.2) is 20.7 Å². The summed E-state index contributed by atoms with van der Waals surface area (Å²) in [6.45, 7) is 4.73. The average molecular weight is 356 g/mol. The van der Waals surface area contributed by atoms with Crippen LogP contribution in [0.15, 0.2) is 65.6 Å². The van der Waals surface area contributed by atoms with Crippen molar-refractivity contribution in [2.45, 2.75) is 20.0 Å². The summed E-state index contributed by atoms with van der Waals surface area (Å²) >= 11 is 0. The highest BCUT2D eigenvalue weighted by molar-refractivity contribution is 5.78. The van der Waals surface area contributed by atoms with Gasteiger partial charge in [-0.1, -0.05) is 29.8 Å². The van der Waals surface area contributed by atoms with Crippen LogP contribution in [0, 0.1) is 6.92 Å². The van der Waals surface area contributed by atoms with Crippen molar-refractivity contribution in [1.29, 1.82) is 0 Å². The van der Waals surface area contributed by atoms with Crippen molar-refractivity contribution in [3.05, 3.63) is 82.5 Å². The van der Waals surface area contributed by atoms with Crippen LogP contribution >= 0.6 is 0 Å². The van der Waals surface area contributed by atoms with Crippen LogP contribution in [0.25, 0.3) is 27.8 Å². The lowest BCUT2D eigenvalue weighted by atomic mass is 10.1. The number of aryl methyl sites for hydroxylation is 1. The first kappa shape index (κ1) is 16.0. The standard InChI is InChI=1S/C22H20N4O/c1-15-2-4-16(5-3-15)17-8-10-25(22(27)12-17)18-6-7-20-19(13-18)24-21-14-23-9-11-26(20)21/h2-8,10,12-13,23H,9,11,14H2,1H3. The molecule has 4 aromatic rings. The van der Waals surface area contributed by atoms with Crippen molar-refractivity contribution in [2.75, 3.05) is 6.54 Å². The van der Waals surface area contributed by atoms with E-state index in [4.69, 9.17) is 4.98 Å². The summed E-state index contributed by atoms with van der Waals surface area (Å²) < 4.78 is 3.92. The first-order valence-electron chi connectivity index (χ1n) is 9.19. The largest absolute Gasteiger partial charge is 0.326 e. The van der Waals surface area contributed by atoms with Crippen LogP contribution in [0.5, 0.6) is 0 Å². The number of aromatic nitrogens is 3. The molecule has 0 unspecified atom stereocenters. The van der Waals surface area contributed by atoms with Gasteiger partial charge >= 0.3 is 0 Å². The third-order valence-electron chi connectivity index (χ3n) is 5.19. The smallest absolute Gasteiger partial charge is 0.255 e. The molecule has 5 heteroatoms. The molecule has 3 heterocycles. The molecule has 0 atom stereocenters. The second-order valence-electron chi connectivity index (χ2n) is 7.02. The van der Waals surface area contributed by atoms with Gasteiger partial charge in [0.05, 0.1) is 23.3 Å². The highest BCUT2D eigenvalue weighted by atomic mass is 16.1. The third-order valence-corrected chi connectivity index (χ3v) is 5.19. The minimum absolute atomic E-state index is 0.0435. The van der Waals surface area contributed by atoms with E-state index < -0.39 is 0 Å². The fourth-order valence-corrected chi connectivity index (χ4v) is 3.71. The van der Waals surface area contributed by atoms with Gasteiger partial charge in [0.25, 0.3) is 5.56 Å². The molecule has 2 aromatic heterocycles. The molecule has 0 saturated carbocycles. The number of pyridine rings is 1. The van der Waals surface area contributed by atoms with Gasteiger partial charge in [0, 0.05) is 25.4 Å². The molecule has 27 heavy (non-hydrogen) atoms. The maximum absolute atomic E-state index is 12.7. The molecule has 5 rings (SSSR count). The number of nitrogens with zero attached hydrogens (tertiary/aromatic N) is 3. The second kappa shape index (κ2) is 6.21. The Morgan fingerprint density at radius 1 is 1.00 bits per heavy atom. The summed E-state index contributed by atoms with van der Waals surface area (Å²) in [5.41, 5.74) is 6.04. The molecule has 1 N–H and O–H groups in total. The molecule has 5 nitrogen and oxygen atoms in total. The number of rotatable bonds is 2. The molecular formula is C22H20N4O. The van der Waals surface area contributed by atoms with E-state index >= 15 is 0 Å². The zero-order chi connectivity index (χ0) is 18.4. The number of nitrogens with one attached hydrogen (secondary N) is 1. The fourth-order valence-electron chi connectivity index (χ4n) is 3.71. The van der Waals surface area contributed by atoms with Gasteiger partial charge in [0.2, 0.25) is 0 Å². The molecule has 0 bridgehead atoms. The second-order valence-corrected chi connectivity index (χ2v) is 7.02. The van der Waals surface area contributed by atoms with Crippen molar-refractivity contribution in [2.24, 2.45) is 0 Å². The first-order valence-corrected chi connectivity index (χ1v) is 9.19. The Balaban J connectivity index is 1.56. The van der Waals surface area contributed by atoms with Gasteiger partial charge in [0.15, 0.2) is 0 Å². The van der Waals surface area contributed by atoms with E-state index in [1.165, 1.54) is 5.56 Å². The van der Waals surface area contributed by atoms with Gasteiger partial charge in [0.1, 0.15) is 5.82 Å². The van der Waals surface area contributed by atoms with Crippen LogP contribution < -0.4 is 10.9 Å². The van der Waals surface area contributed by atoms with Crippen LogP contribution in [0.2, 0.25) is 0 Å². The van der Waals surface area contributed by atoms with Crippen molar-refractivity contribution in [3.8, 4) is 16.8 Å². The zero-order valence-corrected chi connectivity index (χ0v) is 15.1. The minimum atomic E-state index is -0.0435. The Labute approximate surface area is 156 Å². The highest BCUT2D eigenvalue weighted by Crippen LogP contribution is 2.22. The summed E-state index contributed by atoms with van der Waals surface area (Å²) in [5, 5.41) is 3.34. The Kier molecular flexibility index (Phi) is 3.69. The minimum Gasteiger partial charge on any atom is -0.326 e. The molecule has 0 aliphatic carbocycles. The van der Waals surface area contributed by atoms with E-state index in [2.05, 4.69) is 35.0 Å². The predicted octanol–water partition coefficient (Wildman–Crippen LogP) is 3.27. The van der Waals surface area contributed by atoms with E-state index in [0.717, 1.165) is 53.3 Å². The van der Waals surface area contributed by atoms with E-state index in [1.54, 1.807) is 10.6 Å². The van der Waals surface area contributed by atoms with Gasteiger partial charge in [-0.3, -0.25) is 9.36 Å². The molecule has 0 saturated heterocycles. The van der Waals surface area contributed by atoms with Gasteiger partial charge < -0.3 is 9.88 Å². The normalized spacial score (nSPS) is 13.7. The molecule has 0 spiro atoms. The third kappa shape index (κ3) is 2.76. The lowest BCUT2D eigenvalue weighted by molar-refractivity contribution is 0.514. The van der Waals surface area contributed by atoms with E-state index in [-0.39, 0.29) is 5.56 Å². The monoisotopic (exact) mass is 356 g/mol. The number of hydrogen-bond acceptors (Lipinski definition) is 3. The number of hydrogen-bond donors (Lipinski definition) is 1. The quantitative estimate of drug-likeness (QED) is 0.600. The SMILES string of the molecule is Cc1ccc(-c2ccn(-c3ccc4c(c3)nc3n4CCNC3)c(=O)c2)cc1. The van der Waals surface area contributed by atoms with Crippen molar-refractivity contribution < 1.29 is 0 Å². The fraction of sp³-hybridized carbons (Fsp3) is 0.182. The molecule has 0 amide bonds. The summed E-state index contributed by atoms with van der Waals surface area (Å²) in [6, 6.07) is 17.9. The Morgan fingerprint density at radius 3 is 2.67 bits per heavy atom. The van der Waals surface area contributed by atoms with Crippen molar-refractivity contribution in [1.82, 2.24) is 19.4 Å². The van der Waals surface area contributed by atoms with Crippen LogP contribution in [0.3, 0.4) is 0 Å². The molecule has 2 aromatic carbocycles. The Hall–Kier alpha value is -3.18. The van der Waals surface area contributed by atoms with Crippen LogP contribution in [0.4, 0.5) is 0 Å². The Morgan fingerprint density at radius 2 is 1.85 bits per heavy atom. The van der Waals surface area contributed by atoms with E-state index in [0.29, 0.717) is 0 Å². The highest BCUT2D eigenvalue weighted by Gasteiger charge is 2.14. The van der Waals surface area contributed by atoms with Gasteiger partial charge in [-0.05, 0) is 42.3 Å². The molecule has 1 aliphatic heterocycles. The lowest BCUT2D eigenvalue weighted by Gasteiger charge is -2.15. The van der Waals surface area contributed by atoms with Gasteiger partial charge in [-0.15, -0.1) is 0 Å². The predicted molar refractivity (Wildman–Crippen MR) is 107 cm³/mol. The van der Waals surface area contributed by atoms with Crippen molar-refractivity contribution in [3.63, 3.8) is 0 Å². The Bertz CT molecular complexity index is 1200. The average Bonchev–Trinajstić information content (AvgIpc) is 3.06. The molecule has 0 radical (unpaired) electrons. The zero-order valence-electron chi connectivity index (χ0n) is 15.1. The first-order chi connectivity index (χ1) is 13.2. The van der Waals surface area contributed by atoms with Crippen molar-refractivity contribution >= 4 is 11.0 Å². The summed E-state index contributed by atoms with van der Waals surface area (Å²) in [4.78, 5) is 17.5. The van der Waals surface area contributed by atoms with Gasteiger partial charge in [-0.2, -0.15) is 0 Å². The molecule has 1 aliphatic rings. The van der Waals surface area contributed by atoms with Crippen LogP contribution in [-0.2, 0) is 13.1 Å². The summed E-state index contributed by atoms with van der Waals surface area (Å²) in [6.07, 6.45) is 1.84. The van der Waals surface area contributed by atoms with Gasteiger partial charge in [-0.25, -0.2) is 4.98 Å². The molecular weight excluding hydrogens is 336 g/mol. The molecule has 0 fully saturated rings. The summed E-state index contributed by atoms with van der Waals surface area (Å²) in [5.74, 6) is 1.05. The van der Waals surface area contributed by atoms with E-state index in [1.807, 2.05) is 36.5 Å². The number of benzene rings is 2. The molecule has 134 valence electrons. The topological polar surface area (TPSA) is 51.9 Å².